The number of benzene rings is 2. The summed E-state index contributed by atoms with van der Waals surface area (Å²) in [6.07, 6.45) is 3.57. The molecule has 2 aromatic carbocycles. The molecule has 5 rings (SSSR count). The zero-order valence-corrected chi connectivity index (χ0v) is 25.6. The summed E-state index contributed by atoms with van der Waals surface area (Å²) in [6, 6.07) is 13.6. The first-order chi connectivity index (χ1) is 20.5. The predicted octanol–water partition coefficient (Wildman–Crippen LogP) is 3.80. The Kier molecular flexibility index (Phi) is 10.6. The molecule has 0 N–H and O–H groups in total. The number of anilines is 1. The van der Waals surface area contributed by atoms with Gasteiger partial charge >= 0.3 is 0 Å². The Balaban J connectivity index is 1.26. The number of hydrogen-bond donors (Lipinski definition) is 0. The fraction of sp³-hybridized carbons (Fsp3) is 0.606. The number of halogens is 1. The quantitative estimate of drug-likeness (QED) is 0.447. The number of likely N-dealkylation sites (tertiary alicyclic amines) is 1. The number of piperidine rings is 1. The van der Waals surface area contributed by atoms with Gasteiger partial charge in [-0.2, -0.15) is 0 Å². The fourth-order valence-corrected chi connectivity index (χ4v) is 7.09. The molecular weight excluding hydrogens is 533 g/mol. The standard InChI is InChI=1S/C33H48FN5O3/c1-35-15-7-16-39(19-18-35)32(40)13-12-26-24-36(25-27-8-6-11-31(41-2)33(27)42-3)17-14-29(26)37-20-22-38(23-21-37)30-10-5-4-9-28(30)34/h4-6,8-11,26,29H,7,12-25H2,1-3H3/t26-,29+/m1/s1. The normalized spacial score (nSPS) is 23.0. The van der Waals surface area contributed by atoms with E-state index in [1.807, 2.05) is 24.3 Å². The smallest absolute Gasteiger partial charge is 0.222 e. The number of para-hydroxylation sites is 2. The number of likely N-dealkylation sites (N-methyl/N-ethyl adjacent to an activating group) is 1. The summed E-state index contributed by atoms with van der Waals surface area (Å²) in [5.41, 5.74) is 1.82. The van der Waals surface area contributed by atoms with Crippen molar-refractivity contribution in [3.8, 4) is 11.5 Å². The molecule has 3 aliphatic rings. The Labute approximate surface area is 250 Å². The summed E-state index contributed by atoms with van der Waals surface area (Å²) in [5, 5.41) is 0. The third-order valence-corrected chi connectivity index (χ3v) is 9.43. The molecule has 2 atom stereocenters. The van der Waals surface area contributed by atoms with Crippen LogP contribution in [0.5, 0.6) is 11.5 Å². The third-order valence-electron chi connectivity index (χ3n) is 9.43. The van der Waals surface area contributed by atoms with Crippen LogP contribution in [0.3, 0.4) is 0 Å². The highest BCUT2D eigenvalue weighted by Gasteiger charge is 2.36. The molecule has 9 heteroatoms. The molecule has 42 heavy (non-hydrogen) atoms. The van der Waals surface area contributed by atoms with Gasteiger partial charge in [0, 0.05) is 76.9 Å². The van der Waals surface area contributed by atoms with Gasteiger partial charge in [-0.3, -0.25) is 14.6 Å². The van der Waals surface area contributed by atoms with E-state index in [-0.39, 0.29) is 5.82 Å². The summed E-state index contributed by atoms with van der Waals surface area (Å²) in [6.45, 7) is 9.84. The molecule has 1 amide bonds. The second kappa shape index (κ2) is 14.5. The van der Waals surface area contributed by atoms with E-state index in [1.54, 1.807) is 26.4 Å². The number of carbonyl (C=O) groups excluding carboxylic acids is 1. The third kappa shape index (κ3) is 7.36. The predicted molar refractivity (Wildman–Crippen MR) is 165 cm³/mol. The lowest BCUT2D eigenvalue weighted by atomic mass is 9.86. The van der Waals surface area contributed by atoms with Gasteiger partial charge in [0.25, 0.3) is 0 Å². The van der Waals surface area contributed by atoms with Crippen LogP contribution in [-0.2, 0) is 11.3 Å². The minimum atomic E-state index is -0.150. The summed E-state index contributed by atoms with van der Waals surface area (Å²) in [5.74, 6) is 2.07. The van der Waals surface area contributed by atoms with Crippen molar-refractivity contribution in [1.82, 2.24) is 19.6 Å². The SMILES string of the molecule is COc1cccc(CN2CC[C@H](N3CCN(c4ccccc4F)CC3)[C@H](CCC(=O)N3CCCN(C)CC3)C2)c1OC. The van der Waals surface area contributed by atoms with Gasteiger partial charge in [-0.25, -0.2) is 4.39 Å². The van der Waals surface area contributed by atoms with Gasteiger partial charge in [-0.15, -0.1) is 0 Å². The van der Waals surface area contributed by atoms with Crippen LogP contribution in [0.2, 0.25) is 0 Å². The number of carbonyl (C=O) groups is 1. The number of methoxy groups -OCH3 is 2. The molecular formula is C33H48FN5O3. The van der Waals surface area contributed by atoms with Crippen molar-refractivity contribution in [1.29, 1.82) is 0 Å². The van der Waals surface area contributed by atoms with Crippen molar-refractivity contribution in [2.45, 2.75) is 38.3 Å². The Bertz CT molecular complexity index is 1170. The van der Waals surface area contributed by atoms with Crippen LogP contribution in [0.1, 0.15) is 31.2 Å². The molecule has 0 spiro atoms. The lowest BCUT2D eigenvalue weighted by molar-refractivity contribution is -0.131. The molecule has 0 aliphatic carbocycles. The van der Waals surface area contributed by atoms with Gasteiger partial charge in [0.2, 0.25) is 5.91 Å². The van der Waals surface area contributed by atoms with Crippen LogP contribution < -0.4 is 14.4 Å². The molecule has 3 aliphatic heterocycles. The Hall–Kier alpha value is -2.88. The molecule has 0 radical (unpaired) electrons. The second-order valence-electron chi connectivity index (χ2n) is 12.1. The lowest BCUT2D eigenvalue weighted by Gasteiger charge is -2.47. The maximum atomic E-state index is 14.5. The number of nitrogens with zero attached hydrogens (tertiary/aromatic N) is 5. The van der Waals surface area contributed by atoms with Crippen molar-refractivity contribution >= 4 is 11.6 Å². The van der Waals surface area contributed by atoms with Gasteiger partial charge in [0.05, 0.1) is 19.9 Å². The first-order valence-electron chi connectivity index (χ1n) is 15.6. The van der Waals surface area contributed by atoms with Crippen LogP contribution in [0.15, 0.2) is 42.5 Å². The summed E-state index contributed by atoms with van der Waals surface area (Å²) in [7, 11) is 5.51. The van der Waals surface area contributed by atoms with Gasteiger partial charge in [-0.1, -0.05) is 24.3 Å². The molecule has 3 heterocycles. The van der Waals surface area contributed by atoms with Gasteiger partial charge in [-0.05, 0) is 63.5 Å². The van der Waals surface area contributed by atoms with E-state index in [4.69, 9.17) is 9.47 Å². The van der Waals surface area contributed by atoms with Crippen molar-refractivity contribution in [2.24, 2.45) is 5.92 Å². The van der Waals surface area contributed by atoms with E-state index in [1.165, 1.54) is 0 Å². The van der Waals surface area contributed by atoms with Crippen LogP contribution in [0, 0.1) is 11.7 Å². The van der Waals surface area contributed by atoms with E-state index in [0.29, 0.717) is 30.0 Å². The van der Waals surface area contributed by atoms with Crippen LogP contribution in [0.4, 0.5) is 10.1 Å². The Morgan fingerprint density at radius 2 is 1.71 bits per heavy atom. The number of amides is 1. The highest BCUT2D eigenvalue weighted by atomic mass is 19.1. The largest absolute Gasteiger partial charge is 0.493 e. The molecule has 0 bridgehead atoms. The van der Waals surface area contributed by atoms with Crippen molar-refractivity contribution in [2.75, 3.05) is 91.6 Å². The minimum absolute atomic E-state index is 0.150. The van der Waals surface area contributed by atoms with E-state index < -0.39 is 0 Å². The molecule has 2 aromatic rings. The highest BCUT2D eigenvalue weighted by Crippen LogP contribution is 2.34. The topological polar surface area (TPSA) is 51.7 Å². The van der Waals surface area contributed by atoms with Crippen LogP contribution in [-0.4, -0.2) is 118 Å². The molecule has 3 fully saturated rings. The first kappa shape index (κ1) is 30.6. The van der Waals surface area contributed by atoms with E-state index in [9.17, 15) is 9.18 Å². The maximum absolute atomic E-state index is 14.5. The average molecular weight is 582 g/mol. The van der Waals surface area contributed by atoms with Crippen LogP contribution >= 0.6 is 0 Å². The zero-order valence-electron chi connectivity index (χ0n) is 25.6. The number of piperazine rings is 1. The van der Waals surface area contributed by atoms with Gasteiger partial charge < -0.3 is 24.2 Å². The molecule has 0 saturated carbocycles. The molecule has 3 saturated heterocycles. The second-order valence-corrected chi connectivity index (χ2v) is 12.1. The highest BCUT2D eigenvalue weighted by molar-refractivity contribution is 5.76. The van der Waals surface area contributed by atoms with Crippen LogP contribution in [0.25, 0.3) is 0 Å². The zero-order chi connectivity index (χ0) is 29.5. The summed E-state index contributed by atoms with van der Waals surface area (Å²) < 4.78 is 25.7. The van der Waals surface area contributed by atoms with E-state index in [2.05, 4.69) is 37.6 Å². The first-order valence-corrected chi connectivity index (χ1v) is 15.6. The maximum Gasteiger partial charge on any atom is 0.222 e. The average Bonchev–Trinajstić information content (AvgIpc) is 3.24. The van der Waals surface area contributed by atoms with Gasteiger partial charge in [0.15, 0.2) is 11.5 Å². The minimum Gasteiger partial charge on any atom is -0.493 e. The van der Waals surface area contributed by atoms with Crippen molar-refractivity contribution < 1.29 is 18.7 Å². The van der Waals surface area contributed by atoms with Crippen molar-refractivity contribution in [3.05, 3.63) is 53.8 Å². The molecule has 0 unspecified atom stereocenters. The molecule has 8 nitrogen and oxygen atoms in total. The molecule has 0 aromatic heterocycles. The Morgan fingerprint density at radius 3 is 2.48 bits per heavy atom. The summed E-state index contributed by atoms with van der Waals surface area (Å²) >= 11 is 0. The lowest BCUT2D eigenvalue weighted by Crippen LogP contribution is -2.57. The van der Waals surface area contributed by atoms with Crippen molar-refractivity contribution in [3.63, 3.8) is 0 Å². The van der Waals surface area contributed by atoms with Gasteiger partial charge in [0.1, 0.15) is 5.82 Å². The molecule has 230 valence electrons. The van der Waals surface area contributed by atoms with E-state index >= 15 is 0 Å². The summed E-state index contributed by atoms with van der Waals surface area (Å²) in [4.78, 5) is 25.0. The number of ether oxygens (including phenoxy) is 2. The fourth-order valence-electron chi connectivity index (χ4n) is 7.09. The van der Waals surface area contributed by atoms with E-state index in [0.717, 1.165) is 108 Å². The monoisotopic (exact) mass is 581 g/mol. The number of hydrogen-bond acceptors (Lipinski definition) is 7. The Morgan fingerprint density at radius 1 is 0.905 bits per heavy atom. The number of rotatable bonds is 9.